The molecule has 3 aromatic rings. The Labute approximate surface area is 205 Å². The van der Waals surface area contributed by atoms with Gasteiger partial charge in [0.1, 0.15) is 13.2 Å². The molecule has 10 heteroatoms. The summed E-state index contributed by atoms with van der Waals surface area (Å²) in [5, 5.41) is 22.0. The summed E-state index contributed by atoms with van der Waals surface area (Å²) >= 11 is 0. The molecule has 0 fully saturated rings. The molecule has 0 unspecified atom stereocenters. The zero-order chi connectivity index (χ0) is 25.9. The number of nitro benzene ring substituents is 2. The van der Waals surface area contributed by atoms with Gasteiger partial charge in [-0.1, -0.05) is 48.5 Å². The first-order valence-corrected chi connectivity index (χ1v) is 10.6. The van der Waals surface area contributed by atoms with Gasteiger partial charge in [-0.05, 0) is 35.4 Å². The molecule has 0 N–H and O–H groups in total. The molecule has 182 valence electrons. The van der Waals surface area contributed by atoms with Gasteiger partial charge in [-0.2, -0.15) is 0 Å². The Bertz CT molecular complexity index is 1230. The number of nitro groups is 2. The maximum absolute atomic E-state index is 12.0. The monoisotopic (exact) mass is 488 g/mol. The van der Waals surface area contributed by atoms with Crippen molar-refractivity contribution in [2.45, 2.75) is 13.2 Å². The van der Waals surface area contributed by atoms with Crippen molar-refractivity contribution in [3.63, 3.8) is 0 Å². The molecule has 0 aliphatic carbocycles. The standard InChI is InChI=1S/C26H20N2O8/c29-25(15-13-21-5-1-3-7-23(21)27(31)32)35-17-19-9-11-20(12-10-19)18-36-26(30)16-14-22-6-2-4-8-24(22)28(33)34/h1-16H,17-18H2/b15-13-,16-14-. The molecule has 0 radical (unpaired) electrons. The Hall–Kier alpha value is -5.12. The first-order chi connectivity index (χ1) is 17.3. The molecule has 10 nitrogen and oxygen atoms in total. The molecule has 0 heterocycles. The summed E-state index contributed by atoms with van der Waals surface area (Å²) in [4.78, 5) is 44.9. The highest BCUT2D eigenvalue weighted by Crippen LogP contribution is 2.20. The van der Waals surface area contributed by atoms with Crippen molar-refractivity contribution >= 4 is 35.5 Å². The minimum Gasteiger partial charge on any atom is -0.458 e. The van der Waals surface area contributed by atoms with Crippen LogP contribution in [0, 0.1) is 20.2 Å². The minimum atomic E-state index is -0.656. The Morgan fingerprint density at radius 2 is 1.00 bits per heavy atom. The lowest BCUT2D eigenvalue weighted by molar-refractivity contribution is -0.385. The van der Waals surface area contributed by atoms with Gasteiger partial charge in [-0.15, -0.1) is 0 Å². The van der Waals surface area contributed by atoms with E-state index in [1.807, 2.05) is 0 Å². The van der Waals surface area contributed by atoms with E-state index >= 15 is 0 Å². The Balaban J connectivity index is 1.47. The second-order valence-electron chi connectivity index (χ2n) is 7.33. The third kappa shape index (κ3) is 7.45. The number of esters is 2. The van der Waals surface area contributed by atoms with Crippen LogP contribution in [0.3, 0.4) is 0 Å². The second-order valence-corrected chi connectivity index (χ2v) is 7.33. The van der Waals surface area contributed by atoms with Gasteiger partial charge in [0.25, 0.3) is 11.4 Å². The zero-order valence-electron chi connectivity index (χ0n) is 18.8. The topological polar surface area (TPSA) is 139 Å². The Morgan fingerprint density at radius 3 is 1.36 bits per heavy atom. The molecule has 0 amide bonds. The fourth-order valence-electron chi connectivity index (χ4n) is 3.04. The first kappa shape index (κ1) is 25.5. The molecule has 0 aliphatic heterocycles. The largest absolute Gasteiger partial charge is 0.458 e. The van der Waals surface area contributed by atoms with Gasteiger partial charge in [0, 0.05) is 24.3 Å². The predicted octanol–water partition coefficient (Wildman–Crippen LogP) is 5.02. The molecule has 36 heavy (non-hydrogen) atoms. The number of rotatable bonds is 10. The van der Waals surface area contributed by atoms with E-state index in [-0.39, 0.29) is 35.7 Å². The molecule has 0 aromatic heterocycles. The number of hydrogen-bond donors (Lipinski definition) is 0. The zero-order valence-corrected chi connectivity index (χ0v) is 18.8. The van der Waals surface area contributed by atoms with Crippen LogP contribution in [0.25, 0.3) is 12.2 Å². The third-order valence-electron chi connectivity index (χ3n) is 4.85. The fourth-order valence-corrected chi connectivity index (χ4v) is 3.04. The first-order valence-electron chi connectivity index (χ1n) is 10.6. The van der Waals surface area contributed by atoms with Crippen LogP contribution in [0.2, 0.25) is 0 Å². The van der Waals surface area contributed by atoms with Crippen LogP contribution in [0.4, 0.5) is 11.4 Å². The van der Waals surface area contributed by atoms with E-state index in [1.165, 1.54) is 48.6 Å². The molecule has 0 atom stereocenters. The van der Waals surface area contributed by atoms with Crippen molar-refractivity contribution in [3.8, 4) is 0 Å². The number of para-hydroxylation sites is 2. The maximum Gasteiger partial charge on any atom is 0.331 e. The van der Waals surface area contributed by atoms with E-state index in [0.717, 1.165) is 12.2 Å². The van der Waals surface area contributed by atoms with Crippen molar-refractivity contribution in [2.24, 2.45) is 0 Å². The lowest BCUT2D eigenvalue weighted by Gasteiger charge is -2.05. The SMILES string of the molecule is O=C(/C=C\c1ccccc1[N+](=O)[O-])OCc1ccc(COC(=O)/C=C\c2ccccc2[N+](=O)[O-])cc1. The fraction of sp³-hybridized carbons (Fsp3) is 0.0769. The molecule has 0 aliphatic rings. The normalized spacial score (nSPS) is 10.9. The summed E-state index contributed by atoms with van der Waals surface area (Å²) in [5.41, 5.74) is 1.72. The maximum atomic E-state index is 12.0. The number of benzene rings is 3. The van der Waals surface area contributed by atoms with E-state index < -0.39 is 21.8 Å². The number of carbonyl (C=O) groups is 2. The van der Waals surface area contributed by atoms with E-state index in [0.29, 0.717) is 11.1 Å². The Morgan fingerprint density at radius 1 is 0.639 bits per heavy atom. The van der Waals surface area contributed by atoms with Gasteiger partial charge in [-0.25, -0.2) is 9.59 Å². The second kappa shape index (κ2) is 12.4. The quantitative estimate of drug-likeness (QED) is 0.168. The highest BCUT2D eigenvalue weighted by molar-refractivity contribution is 5.88. The molecule has 0 saturated carbocycles. The lowest BCUT2D eigenvalue weighted by atomic mass is 10.1. The van der Waals surface area contributed by atoms with Crippen LogP contribution in [0.1, 0.15) is 22.3 Å². The summed E-state index contributed by atoms with van der Waals surface area (Å²) in [6.45, 7) is -0.0303. The van der Waals surface area contributed by atoms with Crippen molar-refractivity contribution < 1.29 is 28.9 Å². The lowest BCUT2D eigenvalue weighted by Crippen LogP contribution is -2.02. The highest BCUT2D eigenvalue weighted by atomic mass is 16.6. The van der Waals surface area contributed by atoms with E-state index in [1.54, 1.807) is 36.4 Å². The van der Waals surface area contributed by atoms with Crippen LogP contribution >= 0.6 is 0 Å². The van der Waals surface area contributed by atoms with Crippen LogP contribution in [0.15, 0.2) is 84.9 Å². The van der Waals surface area contributed by atoms with Gasteiger partial charge in [-0.3, -0.25) is 20.2 Å². The van der Waals surface area contributed by atoms with Crippen LogP contribution in [-0.2, 0) is 32.3 Å². The van der Waals surface area contributed by atoms with E-state index in [2.05, 4.69) is 0 Å². The summed E-state index contributed by atoms with van der Waals surface area (Å²) in [7, 11) is 0. The van der Waals surface area contributed by atoms with Crippen molar-refractivity contribution in [2.75, 3.05) is 0 Å². The number of nitrogens with zero attached hydrogens (tertiary/aromatic N) is 2. The van der Waals surface area contributed by atoms with Gasteiger partial charge >= 0.3 is 11.9 Å². The smallest absolute Gasteiger partial charge is 0.331 e. The molecule has 0 saturated heterocycles. The number of hydrogen-bond acceptors (Lipinski definition) is 8. The molecule has 0 bridgehead atoms. The van der Waals surface area contributed by atoms with Gasteiger partial charge in [0.2, 0.25) is 0 Å². The van der Waals surface area contributed by atoms with Gasteiger partial charge in [0.05, 0.1) is 21.0 Å². The van der Waals surface area contributed by atoms with Crippen molar-refractivity contribution in [1.29, 1.82) is 0 Å². The Kier molecular flexibility index (Phi) is 8.76. The molecule has 0 spiro atoms. The predicted molar refractivity (Wildman–Crippen MR) is 130 cm³/mol. The summed E-state index contributed by atoms with van der Waals surface area (Å²) in [6.07, 6.45) is 4.88. The molecular weight excluding hydrogens is 468 g/mol. The third-order valence-corrected chi connectivity index (χ3v) is 4.85. The van der Waals surface area contributed by atoms with Crippen molar-refractivity contribution in [1.82, 2.24) is 0 Å². The van der Waals surface area contributed by atoms with E-state index in [4.69, 9.17) is 9.47 Å². The van der Waals surface area contributed by atoms with Crippen LogP contribution in [-0.4, -0.2) is 21.8 Å². The molecule has 3 aromatic carbocycles. The minimum absolute atomic E-state index is 0.0152. The average Bonchev–Trinajstić information content (AvgIpc) is 2.89. The van der Waals surface area contributed by atoms with Crippen LogP contribution < -0.4 is 0 Å². The van der Waals surface area contributed by atoms with E-state index in [9.17, 15) is 29.8 Å². The summed E-state index contributed by atoms with van der Waals surface area (Å²) in [5.74, 6) is -1.31. The summed E-state index contributed by atoms with van der Waals surface area (Å²) in [6, 6.07) is 18.9. The van der Waals surface area contributed by atoms with Gasteiger partial charge in [0.15, 0.2) is 0 Å². The molecular formula is C26H20N2O8. The van der Waals surface area contributed by atoms with Gasteiger partial charge < -0.3 is 9.47 Å². The number of carbonyl (C=O) groups excluding carboxylic acids is 2. The highest BCUT2D eigenvalue weighted by Gasteiger charge is 2.11. The van der Waals surface area contributed by atoms with Crippen LogP contribution in [0.5, 0.6) is 0 Å². The van der Waals surface area contributed by atoms with Crippen molar-refractivity contribution in [3.05, 3.63) is 127 Å². The summed E-state index contributed by atoms with van der Waals surface area (Å²) < 4.78 is 10.3. The number of ether oxygens (including phenoxy) is 2. The average molecular weight is 488 g/mol. The molecule has 3 rings (SSSR count).